The van der Waals surface area contributed by atoms with Gasteiger partial charge in [0, 0.05) is 12.8 Å². The number of phosphoric ester groups is 1. The minimum atomic E-state index is -4.37. The second kappa shape index (κ2) is 40.1. The minimum absolute atomic E-state index is 0.0299. The molecule has 0 bridgehead atoms. The Morgan fingerprint density at radius 3 is 1.47 bits per heavy atom. The van der Waals surface area contributed by atoms with E-state index in [0.29, 0.717) is 17.4 Å². The minimum Gasteiger partial charge on any atom is -0.462 e. The number of unbranched alkanes of at least 4 members (excludes halogenated alkanes) is 17. The van der Waals surface area contributed by atoms with Crippen molar-refractivity contribution in [3.05, 3.63) is 60.8 Å². The first-order chi connectivity index (χ1) is 28.0. The van der Waals surface area contributed by atoms with Gasteiger partial charge < -0.3 is 18.9 Å². The van der Waals surface area contributed by atoms with Gasteiger partial charge in [-0.3, -0.25) is 18.6 Å². The third kappa shape index (κ3) is 43.3. The highest BCUT2D eigenvalue weighted by Gasteiger charge is 2.27. The molecule has 0 aliphatic rings. The highest BCUT2D eigenvalue weighted by Crippen LogP contribution is 2.43. The third-order valence-corrected chi connectivity index (χ3v) is 10.5. The topological polar surface area (TPSA) is 108 Å². The zero-order chi connectivity index (χ0) is 42.8. The number of ether oxygens (including phenoxy) is 2. The molecule has 10 heteroatoms. The van der Waals surface area contributed by atoms with E-state index in [1.54, 1.807) is 0 Å². The summed E-state index contributed by atoms with van der Waals surface area (Å²) in [7, 11) is 1.47. The lowest BCUT2D eigenvalue weighted by molar-refractivity contribution is -0.870. The summed E-state index contributed by atoms with van der Waals surface area (Å²) in [6.07, 6.45) is 48.7. The van der Waals surface area contributed by atoms with E-state index in [-0.39, 0.29) is 32.0 Å². The highest BCUT2D eigenvalue weighted by atomic mass is 31.2. The van der Waals surface area contributed by atoms with E-state index in [1.165, 1.54) is 77.0 Å². The van der Waals surface area contributed by atoms with Crippen LogP contribution in [0.3, 0.4) is 0 Å². The number of hydrogen-bond acceptors (Lipinski definition) is 7. The molecule has 0 amide bonds. The van der Waals surface area contributed by atoms with Crippen molar-refractivity contribution in [2.75, 3.05) is 47.5 Å². The molecule has 0 heterocycles. The molecule has 336 valence electrons. The number of hydrogen-bond donors (Lipinski definition) is 1. The highest BCUT2D eigenvalue weighted by molar-refractivity contribution is 7.47. The summed E-state index contributed by atoms with van der Waals surface area (Å²) in [6.45, 7) is 4.25. The summed E-state index contributed by atoms with van der Waals surface area (Å²) < 4.78 is 34.2. The average Bonchev–Trinajstić information content (AvgIpc) is 3.17. The molecule has 9 nitrogen and oxygen atoms in total. The lowest BCUT2D eigenvalue weighted by Gasteiger charge is -2.24. The number of rotatable bonds is 41. The fraction of sp³-hybridized carbons (Fsp3) is 0.750. The third-order valence-electron chi connectivity index (χ3n) is 9.56. The average molecular weight is 837 g/mol. The quantitative estimate of drug-likeness (QED) is 0.0213. The van der Waals surface area contributed by atoms with Crippen molar-refractivity contribution in [2.24, 2.45) is 0 Å². The SMILES string of the molecule is CC/C=C\C/C=C\C/C=C\C/C=C\C/C=C\CCCCCCCCCCCCCC(=O)OC(COC(=O)CCCCCCCCC)COP(=O)(O)OCC[N+](C)(C)C. The van der Waals surface area contributed by atoms with Crippen molar-refractivity contribution in [1.82, 2.24) is 0 Å². The Hall–Kier alpha value is -2.29. The van der Waals surface area contributed by atoms with Gasteiger partial charge in [-0.25, -0.2) is 4.57 Å². The van der Waals surface area contributed by atoms with Gasteiger partial charge in [-0.05, 0) is 57.8 Å². The Labute approximate surface area is 356 Å². The van der Waals surface area contributed by atoms with Crippen LogP contribution >= 0.6 is 7.82 Å². The molecule has 0 rings (SSSR count). The normalized spacial score (nSPS) is 14.1. The van der Waals surface area contributed by atoms with Gasteiger partial charge in [-0.2, -0.15) is 0 Å². The van der Waals surface area contributed by atoms with E-state index >= 15 is 0 Å². The van der Waals surface area contributed by atoms with Gasteiger partial charge >= 0.3 is 19.8 Å². The number of likely N-dealkylation sites (N-methyl/N-ethyl adjacent to an activating group) is 1. The molecule has 0 aliphatic heterocycles. The summed E-state index contributed by atoms with van der Waals surface area (Å²) in [5.74, 6) is -0.810. The van der Waals surface area contributed by atoms with E-state index in [4.69, 9.17) is 18.5 Å². The van der Waals surface area contributed by atoms with Gasteiger partial charge in [0.25, 0.3) is 0 Å². The number of carbonyl (C=O) groups excluding carboxylic acids is 2. The van der Waals surface area contributed by atoms with Crippen molar-refractivity contribution < 1.29 is 42.1 Å². The van der Waals surface area contributed by atoms with Gasteiger partial charge in [0.2, 0.25) is 0 Å². The molecule has 58 heavy (non-hydrogen) atoms. The standard InChI is InChI=1S/C48H86NO8P/c1-6-8-10-12-14-15-16-17-18-19-20-21-22-23-24-25-26-27-28-29-30-31-32-33-35-37-39-41-48(51)57-46(45-56-58(52,53)55-43-42-49(3,4)5)44-54-47(50)40-38-36-34-13-11-9-7-2/h8,10,14-15,17-18,20-21,23-24,46H,6-7,9,11-13,16,19,22,25-45H2,1-5H3/p+1/b10-8-,15-14-,18-17-,21-20-,24-23-. The van der Waals surface area contributed by atoms with Crippen molar-refractivity contribution >= 4 is 19.8 Å². The van der Waals surface area contributed by atoms with Crippen LogP contribution in [-0.4, -0.2) is 74.9 Å². The molecule has 2 atom stereocenters. The van der Waals surface area contributed by atoms with Crippen LogP contribution in [0.25, 0.3) is 0 Å². The van der Waals surface area contributed by atoms with Gasteiger partial charge in [-0.15, -0.1) is 0 Å². The maximum Gasteiger partial charge on any atom is 0.472 e. The molecule has 0 spiro atoms. The zero-order valence-corrected chi connectivity index (χ0v) is 38.7. The predicted octanol–water partition coefficient (Wildman–Crippen LogP) is 13.2. The fourth-order valence-corrected chi connectivity index (χ4v) is 6.72. The lowest BCUT2D eigenvalue weighted by Crippen LogP contribution is -2.37. The van der Waals surface area contributed by atoms with E-state index in [2.05, 4.69) is 74.6 Å². The van der Waals surface area contributed by atoms with E-state index in [0.717, 1.165) is 70.6 Å². The Morgan fingerprint density at radius 2 is 0.983 bits per heavy atom. The number of phosphoric acid groups is 1. The largest absolute Gasteiger partial charge is 0.472 e. The zero-order valence-electron chi connectivity index (χ0n) is 37.8. The van der Waals surface area contributed by atoms with Gasteiger partial charge in [0.1, 0.15) is 19.8 Å². The van der Waals surface area contributed by atoms with Crippen LogP contribution in [0.5, 0.6) is 0 Å². The summed E-state index contributed by atoms with van der Waals surface area (Å²) in [4.78, 5) is 35.2. The number of carbonyl (C=O) groups is 2. The molecular weight excluding hydrogens is 750 g/mol. The Morgan fingerprint density at radius 1 is 0.552 bits per heavy atom. The molecule has 0 aliphatic carbocycles. The lowest BCUT2D eigenvalue weighted by atomic mass is 10.0. The van der Waals surface area contributed by atoms with Gasteiger partial charge in [0.15, 0.2) is 6.10 Å². The maximum atomic E-state index is 12.7. The molecule has 0 aromatic heterocycles. The van der Waals surface area contributed by atoms with Crippen LogP contribution in [0.15, 0.2) is 60.8 Å². The monoisotopic (exact) mass is 837 g/mol. The Bertz CT molecular complexity index is 1170. The molecule has 0 radical (unpaired) electrons. The molecule has 2 unspecified atom stereocenters. The first kappa shape index (κ1) is 55.7. The van der Waals surface area contributed by atoms with Crippen molar-refractivity contribution in [3.8, 4) is 0 Å². The van der Waals surface area contributed by atoms with Crippen LogP contribution in [-0.2, 0) is 32.7 Å². The van der Waals surface area contributed by atoms with E-state index in [1.807, 2.05) is 21.1 Å². The summed E-state index contributed by atoms with van der Waals surface area (Å²) in [5.41, 5.74) is 0. The smallest absolute Gasteiger partial charge is 0.462 e. The van der Waals surface area contributed by atoms with Crippen LogP contribution in [0.2, 0.25) is 0 Å². The molecular formula is C48H87NO8P+. The van der Waals surface area contributed by atoms with Crippen LogP contribution < -0.4 is 0 Å². The summed E-state index contributed by atoms with van der Waals surface area (Å²) >= 11 is 0. The second-order valence-corrected chi connectivity index (χ2v) is 17.9. The van der Waals surface area contributed by atoms with E-state index < -0.39 is 26.5 Å². The number of quaternary nitrogens is 1. The molecule has 0 aromatic carbocycles. The van der Waals surface area contributed by atoms with Gasteiger partial charge in [-0.1, -0.05) is 171 Å². The number of nitrogens with zero attached hydrogens (tertiary/aromatic N) is 1. The number of allylic oxidation sites excluding steroid dienone is 10. The summed E-state index contributed by atoms with van der Waals surface area (Å²) in [5, 5.41) is 0. The molecule has 0 aromatic rings. The van der Waals surface area contributed by atoms with Crippen LogP contribution in [0.1, 0.15) is 181 Å². The molecule has 0 saturated carbocycles. The van der Waals surface area contributed by atoms with Gasteiger partial charge in [0.05, 0.1) is 27.7 Å². The summed E-state index contributed by atoms with van der Waals surface area (Å²) in [6, 6.07) is 0. The predicted molar refractivity (Wildman–Crippen MR) is 243 cm³/mol. The van der Waals surface area contributed by atoms with Crippen LogP contribution in [0.4, 0.5) is 0 Å². The molecule has 0 saturated heterocycles. The maximum absolute atomic E-state index is 12.7. The molecule has 0 fully saturated rings. The van der Waals surface area contributed by atoms with Crippen LogP contribution in [0, 0.1) is 0 Å². The second-order valence-electron chi connectivity index (χ2n) is 16.4. The van der Waals surface area contributed by atoms with Crippen molar-refractivity contribution in [3.63, 3.8) is 0 Å². The Balaban J connectivity index is 4.12. The fourth-order valence-electron chi connectivity index (χ4n) is 5.98. The van der Waals surface area contributed by atoms with Crippen molar-refractivity contribution in [1.29, 1.82) is 0 Å². The van der Waals surface area contributed by atoms with E-state index in [9.17, 15) is 19.0 Å². The van der Waals surface area contributed by atoms with Crippen molar-refractivity contribution in [2.45, 2.75) is 187 Å². The first-order valence-corrected chi connectivity index (χ1v) is 24.5. The molecule has 1 N–H and O–H groups in total. The Kier molecular flexibility index (Phi) is 38.5. The number of esters is 2. The first-order valence-electron chi connectivity index (χ1n) is 23.0.